The maximum Gasteiger partial charge on any atom is 0.234 e. The van der Waals surface area contributed by atoms with E-state index in [4.69, 9.17) is 16.2 Å². The van der Waals surface area contributed by atoms with Crippen LogP contribution in [0.1, 0.15) is 26.3 Å². The third-order valence-corrected chi connectivity index (χ3v) is 6.09. The summed E-state index contributed by atoms with van der Waals surface area (Å²) in [4.78, 5) is 20.9. The summed E-state index contributed by atoms with van der Waals surface area (Å²) in [5.74, 6) is -0.177. The summed E-state index contributed by atoms with van der Waals surface area (Å²) in [7, 11) is 1.55. The minimum Gasteiger partial charge on any atom is -0.481 e. The highest BCUT2D eigenvalue weighted by Crippen LogP contribution is 2.51. The Labute approximate surface area is 142 Å². The van der Waals surface area contributed by atoms with Crippen molar-refractivity contribution in [3.8, 4) is 5.88 Å². The lowest BCUT2D eigenvalue weighted by molar-refractivity contribution is -0.121. The quantitative estimate of drug-likeness (QED) is 0.826. The van der Waals surface area contributed by atoms with E-state index in [0.717, 1.165) is 10.0 Å². The van der Waals surface area contributed by atoms with Crippen LogP contribution in [-0.4, -0.2) is 27.9 Å². The molecule has 0 unspecified atom stereocenters. The van der Waals surface area contributed by atoms with Gasteiger partial charge in [0.25, 0.3) is 0 Å². The van der Waals surface area contributed by atoms with Crippen LogP contribution in [0.4, 0.5) is 0 Å². The number of hydrogen-bond acceptors (Lipinski definition) is 6. The van der Waals surface area contributed by atoms with Crippen LogP contribution in [0.5, 0.6) is 5.88 Å². The van der Waals surface area contributed by atoms with Gasteiger partial charge in [-0.25, -0.2) is 4.98 Å². The van der Waals surface area contributed by atoms with Gasteiger partial charge in [0.1, 0.15) is 4.75 Å². The Balaban J connectivity index is 2.69. The molecule has 1 aromatic heterocycles. The Kier molecular flexibility index (Phi) is 4.45. The van der Waals surface area contributed by atoms with Crippen LogP contribution >= 0.6 is 27.7 Å². The van der Waals surface area contributed by atoms with Crippen molar-refractivity contribution in [2.75, 3.05) is 7.11 Å². The third-order valence-electron chi connectivity index (χ3n) is 4.37. The lowest BCUT2D eigenvalue weighted by Crippen LogP contribution is -2.55. The summed E-state index contributed by atoms with van der Waals surface area (Å²) in [6, 6.07) is 1.89. The fourth-order valence-electron chi connectivity index (χ4n) is 2.70. The number of primary amides is 1. The number of halogens is 1. The molecule has 4 N–H and O–H groups in total. The molecule has 120 valence electrons. The molecule has 0 saturated heterocycles. The van der Waals surface area contributed by atoms with Gasteiger partial charge in [0.05, 0.1) is 12.6 Å². The highest BCUT2D eigenvalue weighted by Gasteiger charge is 2.53. The predicted octanol–water partition coefficient (Wildman–Crippen LogP) is 2.01. The summed E-state index contributed by atoms with van der Waals surface area (Å²) in [5, 5.41) is 0.323. The number of rotatable bonds is 3. The number of hydrogen-bond donors (Lipinski definition) is 2. The summed E-state index contributed by atoms with van der Waals surface area (Å²) in [6.07, 6.45) is 1.65. The van der Waals surface area contributed by atoms with Crippen LogP contribution in [0, 0.1) is 5.92 Å². The van der Waals surface area contributed by atoms with Gasteiger partial charge in [-0.05, 0) is 35.8 Å². The first-order valence-corrected chi connectivity index (χ1v) is 8.30. The molecule has 0 fully saturated rings. The molecule has 1 aliphatic heterocycles. The van der Waals surface area contributed by atoms with E-state index in [0.29, 0.717) is 11.0 Å². The van der Waals surface area contributed by atoms with Gasteiger partial charge >= 0.3 is 0 Å². The van der Waals surface area contributed by atoms with Gasteiger partial charge in [-0.2, -0.15) is 0 Å². The Bertz CT molecular complexity index is 654. The van der Waals surface area contributed by atoms with Crippen molar-refractivity contribution >= 4 is 38.8 Å². The third kappa shape index (κ3) is 2.58. The Morgan fingerprint density at radius 1 is 1.50 bits per heavy atom. The molecule has 3 atom stereocenters. The van der Waals surface area contributed by atoms with Gasteiger partial charge in [0, 0.05) is 22.2 Å². The molecule has 0 saturated carbocycles. The maximum atomic E-state index is 12.0. The lowest BCUT2D eigenvalue weighted by atomic mass is 9.74. The van der Waals surface area contributed by atoms with Crippen LogP contribution in [0.15, 0.2) is 21.7 Å². The van der Waals surface area contributed by atoms with Crippen LogP contribution in [-0.2, 0) is 10.3 Å². The second-order valence-electron chi connectivity index (χ2n) is 5.60. The highest BCUT2D eigenvalue weighted by atomic mass is 79.9. The van der Waals surface area contributed by atoms with E-state index in [9.17, 15) is 4.79 Å². The normalized spacial score (nSPS) is 31.5. The zero-order valence-corrected chi connectivity index (χ0v) is 15.3. The largest absolute Gasteiger partial charge is 0.481 e. The molecular formula is C14H19BrN4O2S. The summed E-state index contributed by atoms with van der Waals surface area (Å²) < 4.78 is 5.29. The number of carbonyl (C=O) groups is 1. The number of ether oxygens (including phenoxy) is 1. The molecule has 22 heavy (non-hydrogen) atoms. The number of nitrogens with two attached hydrogens (primary N) is 2. The molecule has 0 bridgehead atoms. The van der Waals surface area contributed by atoms with E-state index in [1.54, 1.807) is 20.2 Å². The van der Waals surface area contributed by atoms with Crippen LogP contribution in [0.2, 0.25) is 0 Å². The lowest BCUT2D eigenvalue weighted by Gasteiger charge is -2.45. The smallest absolute Gasteiger partial charge is 0.234 e. The molecule has 0 aliphatic carbocycles. The summed E-state index contributed by atoms with van der Waals surface area (Å²) >= 11 is 4.61. The molecule has 6 nitrogen and oxygen atoms in total. The number of amidine groups is 1. The average Bonchev–Trinajstić information content (AvgIpc) is 2.44. The van der Waals surface area contributed by atoms with Gasteiger partial charge in [-0.3, -0.25) is 9.79 Å². The number of aromatic nitrogens is 1. The first-order valence-electron chi connectivity index (χ1n) is 6.69. The molecular weight excluding hydrogens is 368 g/mol. The van der Waals surface area contributed by atoms with E-state index in [1.807, 2.05) is 19.9 Å². The second kappa shape index (κ2) is 5.73. The second-order valence-corrected chi connectivity index (χ2v) is 7.99. The van der Waals surface area contributed by atoms with Crippen molar-refractivity contribution in [2.24, 2.45) is 22.4 Å². The van der Waals surface area contributed by atoms with E-state index >= 15 is 0 Å². The van der Waals surface area contributed by atoms with E-state index in [-0.39, 0.29) is 5.92 Å². The number of carbonyl (C=O) groups excluding carboxylic acids is 1. The van der Waals surface area contributed by atoms with Crippen molar-refractivity contribution in [1.29, 1.82) is 0 Å². The van der Waals surface area contributed by atoms with Gasteiger partial charge in [-0.1, -0.05) is 18.7 Å². The number of pyridine rings is 1. The zero-order valence-electron chi connectivity index (χ0n) is 12.9. The molecule has 8 heteroatoms. The van der Waals surface area contributed by atoms with E-state index in [1.165, 1.54) is 11.8 Å². The van der Waals surface area contributed by atoms with E-state index in [2.05, 4.69) is 25.9 Å². The zero-order chi connectivity index (χ0) is 16.7. The first-order chi connectivity index (χ1) is 10.1. The topological polar surface area (TPSA) is 104 Å². The molecule has 2 heterocycles. The average molecular weight is 387 g/mol. The molecule has 1 aliphatic rings. The SMILES string of the molecule is COc1ncc(Br)cc1[C@@]1(C)N=C(N)S[C@](C)(C(N)=O)[C@H]1C. The van der Waals surface area contributed by atoms with Crippen molar-refractivity contribution in [1.82, 2.24) is 4.98 Å². The van der Waals surface area contributed by atoms with Gasteiger partial charge in [-0.15, -0.1) is 0 Å². The predicted molar refractivity (Wildman–Crippen MR) is 91.8 cm³/mol. The number of methoxy groups -OCH3 is 1. The fourth-order valence-corrected chi connectivity index (χ4v) is 4.21. The standard InChI is InChI=1S/C14H19BrN4O2S/c1-7-13(2,9-5-8(15)6-18-10(9)21-4)19-12(17)22-14(7,3)11(16)20/h5-7H,1-4H3,(H2,16,20)(H2,17,19)/t7-,13-,14-/m0/s1. The van der Waals surface area contributed by atoms with Crippen LogP contribution < -0.4 is 16.2 Å². The minimum absolute atomic E-state index is 0.209. The number of nitrogens with zero attached hydrogens (tertiary/aromatic N) is 2. The van der Waals surface area contributed by atoms with Gasteiger partial charge in [0.15, 0.2) is 5.17 Å². The molecule has 2 rings (SSSR count). The van der Waals surface area contributed by atoms with Crippen molar-refractivity contribution in [3.63, 3.8) is 0 Å². The Morgan fingerprint density at radius 2 is 2.14 bits per heavy atom. The summed E-state index contributed by atoms with van der Waals surface area (Å²) in [5.41, 5.74) is 11.6. The first kappa shape index (κ1) is 17.1. The molecule has 1 aromatic rings. The molecule has 0 aromatic carbocycles. The Hall–Kier alpha value is -1.28. The van der Waals surface area contributed by atoms with Crippen LogP contribution in [0.25, 0.3) is 0 Å². The molecule has 1 amide bonds. The van der Waals surface area contributed by atoms with Gasteiger partial charge in [0.2, 0.25) is 11.8 Å². The van der Waals surface area contributed by atoms with Crippen molar-refractivity contribution < 1.29 is 9.53 Å². The summed E-state index contributed by atoms with van der Waals surface area (Å²) in [6.45, 7) is 5.65. The number of amides is 1. The fraction of sp³-hybridized carbons (Fsp3) is 0.500. The van der Waals surface area contributed by atoms with Crippen molar-refractivity contribution in [3.05, 3.63) is 22.3 Å². The number of aliphatic imine (C=N–C) groups is 1. The maximum absolute atomic E-state index is 12.0. The van der Waals surface area contributed by atoms with Gasteiger partial charge < -0.3 is 16.2 Å². The minimum atomic E-state index is -0.867. The van der Waals surface area contributed by atoms with E-state index < -0.39 is 16.2 Å². The molecule has 0 radical (unpaired) electrons. The Morgan fingerprint density at radius 3 is 2.68 bits per heavy atom. The van der Waals surface area contributed by atoms with Crippen molar-refractivity contribution in [2.45, 2.75) is 31.1 Å². The molecule has 0 spiro atoms. The number of thioether (sulfide) groups is 1. The van der Waals surface area contributed by atoms with Crippen LogP contribution in [0.3, 0.4) is 0 Å². The monoisotopic (exact) mass is 386 g/mol. The highest BCUT2D eigenvalue weighted by molar-refractivity contribution is 9.10.